The van der Waals surface area contributed by atoms with Crippen LogP contribution < -0.4 is 0 Å². The Kier molecular flexibility index (Phi) is 1.55. The second kappa shape index (κ2) is 2.82. The van der Waals surface area contributed by atoms with Gasteiger partial charge in [0.1, 0.15) is 0 Å². The third-order valence-electron chi connectivity index (χ3n) is 7.45. The SMILES string of the molecule is CC1(C)O[C@@H]2C3CC4CC5C=CC6C5C4C3C6[C@@H]2O1. The summed E-state index contributed by atoms with van der Waals surface area (Å²) < 4.78 is 12.6. The third-order valence-corrected chi connectivity index (χ3v) is 7.45. The molecule has 19 heavy (non-hydrogen) atoms. The van der Waals surface area contributed by atoms with Gasteiger partial charge in [0.2, 0.25) is 0 Å². The molecule has 10 atom stereocenters. The Morgan fingerprint density at radius 1 is 0.895 bits per heavy atom. The normalized spacial score (nSPS) is 68.9. The molecule has 8 unspecified atom stereocenters. The molecule has 0 aromatic heterocycles. The molecule has 2 heteroatoms. The minimum atomic E-state index is -0.345. The van der Waals surface area contributed by atoms with Crippen molar-refractivity contribution in [2.45, 2.75) is 44.7 Å². The molecule has 2 nitrogen and oxygen atoms in total. The summed E-state index contributed by atoms with van der Waals surface area (Å²) in [6.45, 7) is 4.20. The maximum atomic E-state index is 6.34. The molecule has 4 saturated carbocycles. The second-order valence-electron chi connectivity index (χ2n) is 8.40. The molecule has 0 spiro atoms. The van der Waals surface area contributed by atoms with Gasteiger partial charge >= 0.3 is 0 Å². The largest absolute Gasteiger partial charge is 0.344 e. The van der Waals surface area contributed by atoms with Crippen LogP contribution in [-0.2, 0) is 9.47 Å². The standard InChI is InChI=1S/C17H22O2/c1-17(2)18-15-10-6-8-5-7-3-4-9-11(7)12(8)13(10)14(9)16(15)19-17/h3-4,7-16H,5-6H2,1-2H3/t7?,8?,9?,10?,11?,12?,13?,14?,15-,16+/m1/s1. The fraction of sp³-hybridized carbons (Fsp3) is 0.882. The van der Waals surface area contributed by atoms with Crippen LogP contribution in [0, 0.1) is 47.3 Å². The molecule has 0 aromatic rings. The van der Waals surface area contributed by atoms with Gasteiger partial charge in [-0.15, -0.1) is 0 Å². The zero-order chi connectivity index (χ0) is 12.5. The molecule has 5 fully saturated rings. The highest BCUT2D eigenvalue weighted by Gasteiger charge is 2.73. The number of rotatable bonds is 0. The molecule has 1 heterocycles. The number of hydrogen-bond acceptors (Lipinski definition) is 2. The molecule has 1 aliphatic heterocycles. The Bertz CT molecular complexity index is 495. The molecule has 1 saturated heterocycles. The van der Waals surface area contributed by atoms with E-state index in [9.17, 15) is 0 Å². The highest BCUT2D eigenvalue weighted by Crippen LogP contribution is 2.74. The number of ether oxygens (including phenoxy) is 2. The van der Waals surface area contributed by atoms with Crippen molar-refractivity contribution >= 4 is 0 Å². The molecule has 0 N–H and O–H groups in total. The van der Waals surface area contributed by atoms with Crippen LogP contribution in [0.25, 0.3) is 0 Å². The summed E-state index contributed by atoms with van der Waals surface area (Å²) in [5, 5.41) is 0. The fourth-order valence-electron chi connectivity index (χ4n) is 7.45. The van der Waals surface area contributed by atoms with Crippen molar-refractivity contribution in [3.63, 3.8) is 0 Å². The van der Waals surface area contributed by atoms with Crippen LogP contribution in [0.2, 0.25) is 0 Å². The first-order valence-electron chi connectivity index (χ1n) is 8.18. The Labute approximate surface area is 114 Å². The fourth-order valence-corrected chi connectivity index (χ4v) is 7.45. The van der Waals surface area contributed by atoms with Crippen molar-refractivity contribution in [2.24, 2.45) is 47.3 Å². The summed E-state index contributed by atoms with van der Waals surface area (Å²) in [7, 11) is 0. The van der Waals surface area contributed by atoms with Gasteiger partial charge in [0.25, 0.3) is 0 Å². The van der Waals surface area contributed by atoms with E-state index in [1.54, 1.807) is 0 Å². The van der Waals surface area contributed by atoms with Gasteiger partial charge in [-0.3, -0.25) is 0 Å². The van der Waals surface area contributed by atoms with Crippen LogP contribution in [0.4, 0.5) is 0 Å². The molecular weight excluding hydrogens is 236 g/mol. The van der Waals surface area contributed by atoms with Crippen LogP contribution in [0.3, 0.4) is 0 Å². The zero-order valence-electron chi connectivity index (χ0n) is 11.7. The number of hydrogen-bond donors (Lipinski definition) is 0. The molecule has 5 aliphatic carbocycles. The molecule has 0 aromatic carbocycles. The third kappa shape index (κ3) is 0.975. The van der Waals surface area contributed by atoms with Crippen LogP contribution in [0.15, 0.2) is 12.2 Å². The smallest absolute Gasteiger partial charge is 0.163 e. The Morgan fingerprint density at radius 3 is 2.63 bits per heavy atom. The van der Waals surface area contributed by atoms with E-state index >= 15 is 0 Å². The van der Waals surface area contributed by atoms with Crippen LogP contribution >= 0.6 is 0 Å². The molecule has 0 amide bonds. The van der Waals surface area contributed by atoms with E-state index < -0.39 is 0 Å². The van der Waals surface area contributed by atoms with Gasteiger partial charge in [0, 0.05) is 0 Å². The maximum absolute atomic E-state index is 6.34. The summed E-state index contributed by atoms with van der Waals surface area (Å²) in [6, 6.07) is 0. The molecule has 6 rings (SSSR count). The molecule has 102 valence electrons. The average molecular weight is 258 g/mol. The Hall–Kier alpha value is -0.340. The van der Waals surface area contributed by atoms with Gasteiger partial charge in [-0.05, 0) is 74.0 Å². The highest BCUT2D eigenvalue weighted by atomic mass is 16.8. The van der Waals surface area contributed by atoms with E-state index in [0.717, 1.165) is 47.3 Å². The minimum Gasteiger partial charge on any atom is -0.344 e. The van der Waals surface area contributed by atoms with Gasteiger partial charge in [0.05, 0.1) is 12.2 Å². The van der Waals surface area contributed by atoms with Crippen molar-refractivity contribution in [1.82, 2.24) is 0 Å². The molecular formula is C17H22O2. The summed E-state index contributed by atoms with van der Waals surface area (Å²) in [5.41, 5.74) is 0. The first kappa shape index (κ1) is 10.4. The van der Waals surface area contributed by atoms with Crippen molar-refractivity contribution in [2.75, 3.05) is 0 Å². The van der Waals surface area contributed by atoms with Gasteiger partial charge in [-0.1, -0.05) is 12.2 Å². The van der Waals surface area contributed by atoms with E-state index in [0.29, 0.717) is 12.2 Å². The number of allylic oxidation sites excluding steroid dienone is 2. The van der Waals surface area contributed by atoms with Crippen molar-refractivity contribution < 1.29 is 9.47 Å². The van der Waals surface area contributed by atoms with Crippen LogP contribution in [0.5, 0.6) is 0 Å². The topological polar surface area (TPSA) is 18.5 Å². The van der Waals surface area contributed by atoms with Gasteiger partial charge in [-0.25, -0.2) is 0 Å². The summed E-state index contributed by atoms with van der Waals surface area (Å²) in [5.74, 6) is 6.92. The van der Waals surface area contributed by atoms with Crippen molar-refractivity contribution in [3.8, 4) is 0 Å². The maximum Gasteiger partial charge on any atom is 0.163 e. The van der Waals surface area contributed by atoms with E-state index in [-0.39, 0.29) is 5.79 Å². The predicted octanol–water partition coefficient (Wildman–Crippen LogP) is 2.84. The van der Waals surface area contributed by atoms with E-state index in [2.05, 4.69) is 26.0 Å². The zero-order valence-corrected chi connectivity index (χ0v) is 11.7. The lowest BCUT2D eigenvalue weighted by Crippen LogP contribution is -2.30. The monoisotopic (exact) mass is 258 g/mol. The Morgan fingerprint density at radius 2 is 1.74 bits per heavy atom. The minimum absolute atomic E-state index is 0.345. The first-order chi connectivity index (χ1) is 9.14. The van der Waals surface area contributed by atoms with Gasteiger partial charge in [0.15, 0.2) is 5.79 Å². The summed E-state index contributed by atoms with van der Waals surface area (Å²) in [6.07, 6.45) is 8.81. The quantitative estimate of drug-likeness (QED) is 0.622. The van der Waals surface area contributed by atoms with Gasteiger partial charge in [-0.2, -0.15) is 0 Å². The van der Waals surface area contributed by atoms with E-state index in [1.165, 1.54) is 12.8 Å². The van der Waals surface area contributed by atoms with E-state index in [1.807, 2.05) is 0 Å². The molecule has 6 aliphatic rings. The molecule has 0 radical (unpaired) electrons. The summed E-state index contributed by atoms with van der Waals surface area (Å²) >= 11 is 0. The van der Waals surface area contributed by atoms with Crippen LogP contribution in [-0.4, -0.2) is 18.0 Å². The Balaban J connectivity index is 1.50. The first-order valence-corrected chi connectivity index (χ1v) is 8.18. The highest BCUT2D eigenvalue weighted by molar-refractivity contribution is 5.28. The average Bonchev–Trinajstić information content (AvgIpc) is 3.02. The molecule has 0 bridgehead atoms. The van der Waals surface area contributed by atoms with Gasteiger partial charge < -0.3 is 9.47 Å². The van der Waals surface area contributed by atoms with E-state index in [4.69, 9.17) is 9.47 Å². The predicted molar refractivity (Wildman–Crippen MR) is 70.1 cm³/mol. The number of fused-ring (bicyclic) bond motifs is 4. The lowest BCUT2D eigenvalue weighted by Gasteiger charge is -2.26. The lowest BCUT2D eigenvalue weighted by molar-refractivity contribution is -0.165. The van der Waals surface area contributed by atoms with Crippen molar-refractivity contribution in [3.05, 3.63) is 12.2 Å². The second-order valence-corrected chi connectivity index (χ2v) is 8.40. The van der Waals surface area contributed by atoms with Crippen molar-refractivity contribution in [1.29, 1.82) is 0 Å². The summed E-state index contributed by atoms with van der Waals surface area (Å²) in [4.78, 5) is 0. The van der Waals surface area contributed by atoms with Crippen LogP contribution in [0.1, 0.15) is 26.7 Å². The lowest BCUT2D eigenvalue weighted by atomic mass is 9.86.